The molecule has 6 nitrogen and oxygen atoms in total. The molecule has 5 rings (SSSR count). The molecule has 3 aromatic carbocycles. The van der Waals surface area contributed by atoms with E-state index in [1.165, 1.54) is 16.2 Å². The summed E-state index contributed by atoms with van der Waals surface area (Å²) in [6, 6.07) is 20.4. The van der Waals surface area contributed by atoms with Gasteiger partial charge in [0.15, 0.2) is 5.13 Å². The third-order valence-electron chi connectivity index (χ3n) is 5.71. The lowest BCUT2D eigenvalue weighted by Crippen LogP contribution is -2.29. The van der Waals surface area contributed by atoms with E-state index < -0.39 is 17.7 Å². The lowest BCUT2D eigenvalue weighted by atomic mass is 9.95. The highest BCUT2D eigenvalue weighted by Crippen LogP contribution is 2.44. The number of hydrogen-bond donors (Lipinski definition) is 1. The van der Waals surface area contributed by atoms with Crippen LogP contribution >= 0.6 is 22.9 Å². The quantitative estimate of drug-likeness (QED) is 0.187. The van der Waals surface area contributed by atoms with E-state index >= 15 is 0 Å². The van der Waals surface area contributed by atoms with Crippen molar-refractivity contribution in [3.8, 4) is 5.75 Å². The molecular weight excluding hydrogens is 484 g/mol. The van der Waals surface area contributed by atoms with Crippen molar-refractivity contribution in [2.24, 2.45) is 0 Å². The number of nitrogens with zero attached hydrogens (tertiary/aromatic N) is 2. The molecule has 1 fully saturated rings. The van der Waals surface area contributed by atoms with Gasteiger partial charge in [0.25, 0.3) is 5.78 Å². The zero-order chi connectivity index (χ0) is 24.5. The Bertz CT molecular complexity index is 1450. The van der Waals surface area contributed by atoms with Crippen molar-refractivity contribution in [3.05, 3.63) is 94.5 Å². The van der Waals surface area contributed by atoms with Gasteiger partial charge in [-0.2, -0.15) is 0 Å². The van der Waals surface area contributed by atoms with Crippen molar-refractivity contribution in [2.75, 3.05) is 11.5 Å². The van der Waals surface area contributed by atoms with Gasteiger partial charge in [-0.05, 0) is 54.4 Å². The van der Waals surface area contributed by atoms with Crippen molar-refractivity contribution in [2.45, 2.75) is 19.4 Å². The maximum atomic E-state index is 13.3. The summed E-state index contributed by atoms with van der Waals surface area (Å²) in [6.07, 6.45) is 0.875. The number of thiazole rings is 1. The van der Waals surface area contributed by atoms with Crippen molar-refractivity contribution in [1.82, 2.24) is 4.98 Å². The van der Waals surface area contributed by atoms with E-state index in [4.69, 9.17) is 16.3 Å². The third kappa shape index (κ3) is 4.29. The number of aliphatic hydroxyl groups excluding tert-OH is 1. The Hall–Kier alpha value is -3.68. The van der Waals surface area contributed by atoms with Gasteiger partial charge in [-0.1, -0.05) is 60.2 Å². The number of ether oxygens (including phenoxy) is 1. The Morgan fingerprint density at radius 1 is 1.09 bits per heavy atom. The van der Waals surface area contributed by atoms with Crippen LogP contribution in [0, 0.1) is 0 Å². The highest BCUT2D eigenvalue weighted by atomic mass is 35.5. The molecule has 8 heteroatoms. The van der Waals surface area contributed by atoms with Gasteiger partial charge in [-0.3, -0.25) is 14.5 Å². The van der Waals surface area contributed by atoms with Crippen molar-refractivity contribution in [3.63, 3.8) is 0 Å². The second-order valence-corrected chi connectivity index (χ2v) is 9.51. The standard InChI is InChI=1S/C27H21ClN2O4S/c1-2-14-34-19-11-8-17(9-12-19)24(31)22-23(16-6-4-3-5-7-16)30(26(33)25(22)32)27-29-20-13-10-18(28)15-21(20)35-27/h3-13,15,23,31H,2,14H2,1H3. The summed E-state index contributed by atoms with van der Waals surface area (Å²) in [5.74, 6) is -1.09. The maximum Gasteiger partial charge on any atom is 0.301 e. The van der Waals surface area contributed by atoms with Gasteiger partial charge < -0.3 is 9.84 Å². The summed E-state index contributed by atoms with van der Waals surface area (Å²) < 4.78 is 6.41. The molecule has 1 unspecified atom stereocenters. The van der Waals surface area contributed by atoms with Gasteiger partial charge in [-0.15, -0.1) is 0 Å². The highest BCUT2D eigenvalue weighted by Gasteiger charge is 2.48. The lowest BCUT2D eigenvalue weighted by molar-refractivity contribution is -0.132. The molecule has 1 aromatic heterocycles. The summed E-state index contributed by atoms with van der Waals surface area (Å²) in [4.78, 5) is 32.5. The van der Waals surface area contributed by atoms with Crippen LogP contribution in [-0.2, 0) is 9.59 Å². The average molecular weight is 505 g/mol. The number of aliphatic hydroxyl groups is 1. The molecule has 1 amide bonds. The van der Waals surface area contributed by atoms with Crippen LogP contribution in [0.3, 0.4) is 0 Å². The van der Waals surface area contributed by atoms with E-state index in [0.29, 0.717) is 39.2 Å². The third-order valence-corrected chi connectivity index (χ3v) is 6.96. The predicted octanol–water partition coefficient (Wildman–Crippen LogP) is 6.36. The molecule has 0 bridgehead atoms. The average Bonchev–Trinajstić information content (AvgIpc) is 3.40. The molecule has 1 aliphatic rings. The molecule has 4 aromatic rings. The topological polar surface area (TPSA) is 79.7 Å². The Morgan fingerprint density at radius 2 is 1.83 bits per heavy atom. The summed E-state index contributed by atoms with van der Waals surface area (Å²) in [7, 11) is 0. The molecular formula is C27H21ClN2O4S. The minimum absolute atomic E-state index is 0.0146. The zero-order valence-electron chi connectivity index (χ0n) is 18.8. The normalized spacial score (nSPS) is 17.3. The van der Waals surface area contributed by atoms with Crippen LogP contribution in [0.25, 0.3) is 16.0 Å². The van der Waals surface area contributed by atoms with Gasteiger partial charge in [0.05, 0.1) is 28.4 Å². The first-order chi connectivity index (χ1) is 17.0. The van der Waals surface area contributed by atoms with E-state index in [1.807, 2.05) is 37.3 Å². The number of fused-ring (bicyclic) bond motifs is 1. The first-order valence-electron chi connectivity index (χ1n) is 11.1. The van der Waals surface area contributed by atoms with E-state index in [-0.39, 0.29) is 11.3 Å². The van der Waals surface area contributed by atoms with Crippen molar-refractivity contribution in [1.29, 1.82) is 0 Å². The Kier molecular flexibility index (Phi) is 6.28. The SMILES string of the molecule is CCCOc1ccc(C(O)=C2C(=O)C(=O)N(c3nc4ccc(Cl)cc4s3)C2c2ccccc2)cc1. The van der Waals surface area contributed by atoms with Crippen LogP contribution in [0.1, 0.15) is 30.5 Å². The molecule has 1 atom stereocenters. The number of Topliss-reactive ketones (excluding diaryl/α,β-unsaturated/α-hetero) is 1. The van der Waals surface area contributed by atoms with E-state index in [2.05, 4.69) is 4.98 Å². The molecule has 1 saturated heterocycles. The first kappa shape index (κ1) is 23.1. The Labute approximate surface area is 211 Å². The number of ketones is 1. The van der Waals surface area contributed by atoms with Gasteiger partial charge in [0.1, 0.15) is 11.5 Å². The number of anilines is 1. The lowest BCUT2D eigenvalue weighted by Gasteiger charge is -2.22. The molecule has 0 saturated carbocycles. The van der Waals surface area contributed by atoms with E-state index in [9.17, 15) is 14.7 Å². The van der Waals surface area contributed by atoms with Gasteiger partial charge in [0.2, 0.25) is 0 Å². The van der Waals surface area contributed by atoms with Gasteiger partial charge >= 0.3 is 5.91 Å². The Morgan fingerprint density at radius 3 is 2.54 bits per heavy atom. The second-order valence-electron chi connectivity index (χ2n) is 8.06. The fourth-order valence-corrected chi connectivity index (χ4v) is 5.32. The van der Waals surface area contributed by atoms with Crippen LogP contribution < -0.4 is 9.64 Å². The number of benzene rings is 3. The number of rotatable bonds is 6. The summed E-state index contributed by atoms with van der Waals surface area (Å²) in [5, 5.41) is 12.2. The zero-order valence-corrected chi connectivity index (χ0v) is 20.3. The molecule has 176 valence electrons. The number of carbonyl (C=O) groups is 2. The van der Waals surface area contributed by atoms with E-state index in [1.54, 1.807) is 42.5 Å². The van der Waals surface area contributed by atoms with Crippen LogP contribution in [0.15, 0.2) is 78.4 Å². The van der Waals surface area contributed by atoms with Gasteiger partial charge in [0, 0.05) is 10.6 Å². The Balaban J connectivity index is 1.64. The number of hydrogen-bond acceptors (Lipinski definition) is 6. The fourth-order valence-electron chi connectivity index (χ4n) is 4.05. The highest BCUT2D eigenvalue weighted by molar-refractivity contribution is 7.22. The molecule has 0 spiro atoms. The second kappa shape index (κ2) is 9.52. The van der Waals surface area contributed by atoms with Crippen molar-refractivity contribution < 1.29 is 19.4 Å². The smallest absolute Gasteiger partial charge is 0.301 e. The van der Waals surface area contributed by atoms with Crippen LogP contribution in [0.4, 0.5) is 5.13 Å². The maximum absolute atomic E-state index is 13.3. The van der Waals surface area contributed by atoms with Crippen LogP contribution in [-0.4, -0.2) is 28.4 Å². The minimum atomic E-state index is -0.830. The largest absolute Gasteiger partial charge is 0.507 e. The van der Waals surface area contributed by atoms with Gasteiger partial charge in [-0.25, -0.2) is 4.98 Å². The summed E-state index contributed by atoms with van der Waals surface area (Å²) in [6.45, 7) is 2.60. The fraction of sp³-hybridized carbons (Fsp3) is 0.148. The first-order valence-corrected chi connectivity index (χ1v) is 12.3. The molecule has 0 radical (unpaired) electrons. The molecule has 1 N–H and O–H groups in total. The summed E-state index contributed by atoms with van der Waals surface area (Å²) in [5.41, 5.74) is 1.80. The number of aromatic nitrogens is 1. The predicted molar refractivity (Wildman–Crippen MR) is 138 cm³/mol. The molecule has 35 heavy (non-hydrogen) atoms. The molecule has 2 heterocycles. The van der Waals surface area contributed by atoms with Crippen molar-refractivity contribution >= 4 is 55.7 Å². The minimum Gasteiger partial charge on any atom is -0.507 e. The number of carbonyl (C=O) groups excluding carboxylic acids is 2. The monoisotopic (exact) mass is 504 g/mol. The van der Waals surface area contributed by atoms with E-state index in [0.717, 1.165) is 11.1 Å². The summed E-state index contributed by atoms with van der Waals surface area (Å²) >= 11 is 7.40. The number of halogens is 1. The van der Waals surface area contributed by atoms with Crippen LogP contribution in [0.5, 0.6) is 5.75 Å². The molecule has 0 aliphatic carbocycles. The van der Waals surface area contributed by atoms with Crippen LogP contribution in [0.2, 0.25) is 5.02 Å². The number of amides is 1. The molecule has 1 aliphatic heterocycles.